The number of carbonyl (C=O) groups is 1. The second kappa shape index (κ2) is 7.55. The van der Waals surface area contributed by atoms with Gasteiger partial charge in [-0.25, -0.2) is 8.42 Å². The van der Waals surface area contributed by atoms with Crippen molar-refractivity contribution in [3.05, 3.63) is 30.3 Å². The second-order valence-corrected chi connectivity index (χ2v) is 10.5. The van der Waals surface area contributed by atoms with Crippen LogP contribution in [0.5, 0.6) is 0 Å². The first-order valence-electron chi connectivity index (χ1n) is 10.3. The van der Waals surface area contributed by atoms with E-state index in [1.165, 1.54) is 30.0 Å². The summed E-state index contributed by atoms with van der Waals surface area (Å²) >= 11 is 0. The van der Waals surface area contributed by atoms with Gasteiger partial charge in [0.2, 0.25) is 15.9 Å². The van der Waals surface area contributed by atoms with Gasteiger partial charge in [-0.15, -0.1) is 0 Å². The van der Waals surface area contributed by atoms with E-state index in [1.807, 2.05) is 0 Å². The Balaban J connectivity index is 1.48. The number of benzene rings is 1. The fourth-order valence-corrected chi connectivity index (χ4v) is 7.19. The Morgan fingerprint density at radius 3 is 2.56 bits per heavy atom. The maximum Gasteiger partial charge on any atom is 0.243 e. The van der Waals surface area contributed by atoms with E-state index in [0.717, 1.165) is 24.7 Å². The van der Waals surface area contributed by atoms with Gasteiger partial charge in [0, 0.05) is 12.6 Å². The van der Waals surface area contributed by atoms with Crippen LogP contribution in [-0.4, -0.2) is 37.3 Å². The highest BCUT2D eigenvalue weighted by Crippen LogP contribution is 2.49. The van der Waals surface area contributed by atoms with Gasteiger partial charge in [0.25, 0.3) is 0 Å². The molecule has 1 saturated heterocycles. The first-order valence-corrected chi connectivity index (χ1v) is 11.8. The van der Waals surface area contributed by atoms with Crippen molar-refractivity contribution in [3.63, 3.8) is 0 Å². The van der Waals surface area contributed by atoms with Crippen molar-refractivity contribution in [3.8, 4) is 0 Å². The number of nitrogens with one attached hydrogen (secondary N) is 1. The first kappa shape index (κ1) is 18.9. The highest BCUT2D eigenvalue weighted by Gasteiger charge is 2.43. The van der Waals surface area contributed by atoms with Crippen LogP contribution in [0.4, 0.5) is 0 Å². The van der Waals surface area contributed by atoms with Crippen molar-refractivity contribution in [2.45, 2.75) is 68.8 Å². The number of rotatable bonds is 5. The number of amides is 1. The fraction of sp³-hybridized carbons (Fsp3) is 0.667. The maximum absolute atomic E-state index is 13.1. The van der Waals surface area contributed by atoms with E-state index in [9.17, 15) is 13.2 Å². The molecule has 4 rings (SSSR count). The average Bonchev–Trinajstić information content (AvgIpc) is 3.32. The molecular formula is C21H30N2O3S. The molecule has 27 heavy (non-hydrogen) atoms. The second-order valence-electron chi connectivity index (χ2n) is 8.58. The lowest BCUT2D eigenvalue weighted by atomic mass is 9.84. The van der Waals surface area contributed by atoms with Crippen LogP contribution >= 0.6 is 0 Å². The molecule has 0 aromatic heterocycles. The van der Waals surface area contributed by atoms with Crippen LogP contribution in [0.1, 0.15) is 51.9 Å². The molecule has 1 N–H and O–H groups in total. The predicted molar refractivity (Wildman–Crippen MR) is 105 cm³/mol. The van der Waals surface area contributed by atoms with E-state index in [2.05, 4.69) is 12.2 Å². The van der Waals surface area contributed by atoms with Crippen molar-refractivity contribution in [2.75, 3.05) is 6.54 Å². The number of carbonyl (C=O) groups excluding carboxylic acids is 1. The summed E-state index contributed by atoms with van der Waals surface area (Å²) in [6.45, 7) is 2.51. The molecule has 5 nitrogen and oxygen atoms in total. The molecule has 2 bridgehead atoms. The smallest absolute Gasteiger partial charge is 0.243 e. The summed E-state index contributed by atoms with van der Waals surface area (Å²) in [7, 11) is -3.65. The van der Waals surface area contributed by atoms with Crippen LogP contribution in [0.3, 0.4) is 0 Å². The molecule has 148 valence electrons. The summed E-state index contributed by atoms with van der Waals surface area (Å²) < 4.78 is 27.6. The van der Waals surface area contributed by atoms with Crippen LogP contribution in [0.2, 0.25) is 0 Å². The van der Waals surface area contributed by atoms with Gasteiger partial charge in [-0.2, -0.15) is 4.31 Å². The summed E-state index contributed by atoms with van der Waals surface area (Å²) in [4.78, 5) is 13.3. The van der Waals surface area contributed by atoms with E-state index in [4.69, 9.17) is 0 Å². The molecule has 1 amide bonds. The van der Waals surface area contributed by atoms with Crippen molar-refractivity contribution in [1.29, 1.82) is 0 Å². The van der Waals surface area contributed by atoms with Gasteiger partial charge in [-0.1, -0.05) is 31.0 Å². The molecule has 1 aromatic rings. The summed E-state index contributed by atoms with van der Waals surface area (Å²) in [6, 6.07) is 8.00. The Kier molecular flexibility index (Phi) is 5.30. The van der Waals surface area contributed by atoms with Crippen LogP contribution in [-0.2, 0) is 14.8 Å². The first-order chi connectivity index (χ1) is 13.0. The van der Waals surface area contributed by atoms with Gasteiger partial charge in [0.15, 0.2) is 0 Å². The molecule has 2 saturated carbocycles. The summed E-state index contributed by atoms with van der Waals surface area (Å²) in [6.07, 6.45) is 7.44. The minimum absolute atomic E-state index is 0.121. The van der Waals surface area contributed by atoms with Gasteiger partial charge in [-0.3, -0.25) is 4.79 Å². The quantitative estimate of drug-likeness (QED) is 0.840. The van der Waals surface area contributed by atoms with Gasteiger partial charge in [-0.05, 0) is 68.9 Å². The van der Waals surface area contributed by atoms with E-state index in [-0.39, 0.29) is 16.8 Å². The Hall–Kier alpha value is -1.40. The molecule has 2 aliphatic carbocycles. The Morgan fingerprint density at radius 1 is 1.11 bits per heavy atom. The number of nitrogens with zero attached hydrogens (tertiary/aromatic N) is 1. The number of piperidine rings is 1. The highest BCUT2D eigenvalue weighted by molar-refractivity contribution is 7.89. The zero-order valence-electron chi connectivity index (χ0n) is 16.0. The summed E-state index contributed by atoms with van der Waals surface area (Å²) in [5, 5.41) is 3.18. The number of hydrogen-bond donors (Lipinski definition) is 1. The molecule has 1 heterocycles. The zero-order chi connectivity index (χ0) is 19.0. The third kappa shape index (κ3) is 3.66. The number of sulfonamides is 1. The van der Waals surface area contributed by atoms with Gasteiger partial charge in [0.05, 0.1) is 4.90 Å². The number of hydrogen-bond acceptors (Lipinski definition) is 3. The predicted octanol–water partition coefficient (Wildman–Crippen LogP) is 3.17. The third-order valence-corrected chi connectivity index (χ3v) is 8.83. The van der Waals surface area contributed by atoms with Crippen LogP contribution in [0.25, 0.3) is 0 Å². The van der Waals surface area contributed by atoms with Gasteiger partial charge in [0.1, 0.15) is 6.04 Å². The van der Waals surface area contributed by atoms with Crippen molar-refractivity contribution in [1.82, 2.24) is 9.62 Å². The lowest BCUT2D eigenvalue weighted by Gasteiger charge is -2.36. The SMILES string of the molecule is CC(NC(=O)C1CCCCN1S(=O)(=O)c1ccccc1)C1CC2CCC1C2. The molecule has 5 atom stereocenters. The number of fused-ring (bicyclic) bond motifs is 2. The molecule has 0 radical (unpaired) electrons. The largest absolute Gasteiger partial charge is 0.352 e. The van der Waals surface area contributed by atoms with Crippen LogP contribution in [0, 0.1) is 17.8 Å². The van der Waals surface area contributed by atoms with Gasteiger partial charge < -0.3 is 5.32 Å². The molecule has 1 aliphatic heterocycles. The minimum Gasteiger partial charge on any atom is -0.352 e. The molecule has 1 aromatic carbocycles. The molecule has 5 unspecified atom stereocenters. The van der Waals surface area contributed by atoms with Crippen molar-refractivity contribution < 1.29 is 13.2 Å². The molecule has 0 spiro atoms. The standard InChI is InChI=1S/C21H30N2O3S/c1-15(19-14-16-10-11-17(19)13-16)22-21(24)20-9-5-6-12-23(20)27(25,26)18-7-3-2-4-8-18/h2-4,7-8,15-17,19-20H,5-6,9-14H2,1H3,(H,22,24). The maximum atomic E-state index is 13.1. The Labute approximate surface area is 162 Å². The summed E-state index contributed by atoms with van der Waals surface area (Å²) in [5.41, 5.74) is 0. The van der Waals surface area contributed by atoms with Crippen LogP contribution in [0.15, 0.2) is 35.2 Å². The normalized spacial score (nSPS) is 32.3. The molecule has 3 aliphatic rings. The van der Waals surface area contributed by atoms with E-state index in [1.54, 1.807) is 30.3 Å². The molecule has 6 heteroatoms. The van der Waals surface area contributed by atoms with Crippen molar-refractivity contribution >= 4 is 15.9 Å². The zero-order valence-corrected chi connectivity index (χ0v) is 16.8. The highest BCUT2D eigenvalue weighted by atomic mass is 32.2. The minimum atomic E-state index is -3.65. The lowest BCUT2D eigenvalue weighted by molar-refractivity contribution is -0.126. The average molecular weight is 391 g/mol. The third-order valence-electron chi connectivity index (χ3n) is 6.91. The van der Waals surface area contributed by atoms with E-state index < -0.39 is 16.1 Å². The van der Waals surface area contributed by atoms with E-state index in [0.29, 0.717) is 18.9 Å². The van der Waals surface area contributed by atoms with Gasteiger partial charge >= 0.3 is 0 Å². The molecular weight excluding hydrogens is 360 g/mol. The van der Waals surface area contributed by atoms with E-state index >= 15 is 0 Å². The molecule has 3 fully saturated rings. The fourth-order valence-electron chi connectivity index (χ4n) is 5.52. The lowest BCUT2D eigenvalue weighted by Crippen LogP contribution is -2.54. The topological polar surface area (TPSA) is 66.5 Å². The summed E-state index contributed by atoms with van der Waals surface area (Å²) in [5.74, 6) is 2.00. The Bertz CT molecular complexity index is 780. The van der Waals surface area contributed by atoms with Crippen molar-refractivity contribution in [2.24, 2.45) is 17.8 Å². The Morgan fingerprint density at radius 2 is 1.89 bits per heavy atom. The monoisotopic (exact) mass is 390 g/mol. The van der Waals surface area contributed by atoms with Crippen LogP contribution < -0.4 is 5.32 Å².